The van der Waals surface area contributed by atoms with Crippen molar-refractivity contribution in [2.75, 3.05) is 0 Å². The van der Waals surface area contributed by atoms with E-state index in [2.05, 4.69) is 9.47 Å². The molecule has 0 amide bonds. The summed E-state index contributed by atoms with van der Waals surface area (Å²) in [4.78, 5) is 60.0. The van der Waals surface area contributed by atoms with Crippen LogP contribution in [0.25, 0.3) is 0 Å². The van der Waals surface area contributed by atoms with E-state index >= 15 is 0 Å². The molecule has 0 radical (unpaired) electrons. The van der Waals surface area contributed by atoms with E-state index in [4.69, 9.17) is 9.79 Å². The van der Waals surface area contributed by atoms with Crippen molar-refractivity contribution in [3.8, 4) is 11.5 Å². The van der Waals surface area contributed by atoms with Crippen molar-refractivity contribution in [2.45, 2.75) is 96.1 Å². The van der Waals surface area contributed by atoms with Gasteiger partial charge in [0.1, 0.15) is 17.7 Å². The molecule has 0 aromatic heterocycles. The second-order valence-electron chi connectivity index (χ2n) is 14.1. The standard InChI is InChI=1S/2C16H8F17O4P.Zn/c2*17-8(9(18)11(21,22)37-7-3-1-6(2-4-7)5-38(34,35)36)10(19,20)12(23,24)13(25,26)14(27,28)15(29,30)16(31,32)33;/h2*1-4H,5H2,(H2,34,35,36);/q;;+2/p-2/b2*9-8+;. The average molecular weight is 1300 g/mol. The third-order valence-corrected chi connectivity index (χ3v) is 9.95. The molecule has 8 nitrogen and oxygen atoms in total. The van der Waals surface area contributed by atoms with Crippen LogP contribution in [0.4, 0.5) is 149 Å². The number of allylic oxidation sites excluding steroid dienone is 2. The summed E-state index contributed by atoms with van der Waals surface area (Å²) in [5.74, 6) is -105. The smallest absolute Gasteiger partial charge is 0.687 e. The molecule has 77 heavy (non-hydrogen) atoms. The summed E-state index contributed by atoms with van der Waals surface area (Å²) in [7, 11) is -9.97. The van der Waals surface area contributed by atoms with E-state index in [-0.39, 0.29) is 49.3 Å². The van der Waals surface area contributed by atoms with E-state index < -0.39 is 152 Å². The van der Waals surface area contributed by atoms with Crippen molar-refractivity contribution >= 4 is 15.9 Å². The van der Waals surface area contributed by atoms with Gasteiger partial charge in [-0.15, -0.1) is 0 Å². The normalized spacial score (nSPS) is 15.7. The second kappa shape index (κ2) is 22.4. The Morgan fingerprint density at radius 3 is 0.779 bits per heavy atom. The fraction of sp³-hybridized carbons (Fsp3) is 0.500. The first-order chi connectivity index (χ1) is 32.9. The Balaban J connectivity index is 0.00000148. The van der Waals surface area contributed by atoms with E-state index in [9.17, 15) is 169 Å². The molecule has 0 saturated carbocycles. The van der Waals surface area contributed by atoms with Gasteiger partial charge in [0.25, 0.3) is 0 Å². The quantitative estimate of drug-likeness (QED) is 0.0756. The van der Waals surface area contributed by atoms with Crippen LogP contribution in [0.2, 0.25) is 0 Å². The third kappa shape index (κ3) is 14.3. The monoisotopic (exact) mass is 1300 g/mol. The minimum absolute atomic E-state index is 0. The fourth-order valence-corrected chi connectivity index (χ4v) is 5.86. The van der Waals surface area contributed by atoms with E-state index in [1.165, 1.54) is 0 Å². The van der Waals surface area contributed by atoms with Crippen LogP contribution >= 0.6 is 15.9 Å². The van der Waals surface area contributed by atoms with Gasteiger partial charge in [0, 0.05) is 0 Å². The van der Waals surface area contributed by atoms with Gasteiger partial charge in [0.05, 0.1) is 6.16 Å². The Kier molecular flexibility index (Phi) is 21.3. The molecule has 0 fully saturated rings. The molecule has 0 atom stereocenters. The Morgan fingerprint density at radius 2 is 0.571 bits per heavy atom. The molecular weight excluding hydrogens is 1290 g/mol. The van der Waals surface area contributed by atoms with Crippen LogP contribution in [0.5, 0.6) is 11.5 Å². The molecule has 2 aromatic carbocycles. The number of hydrogen-bond donors (Lipinski definition) is 2. The predicted octanol–water partition coefficient (Wildman–Crippen LogP) is 11.0. The summed E-state index contributed by atoms with van der Waals surface area (Å²) in [5, 5.41) is 0. The number of hydrogen-bond acceptors (Lipinski definition) is 8. The third-order valence-electron chi connectivity index (χ3n) is 8.42. The van der Waals surface area contributed by atoms with Gasteiger partial charge in [-0.3, -0.25) is 0 Å². The van der Waals surface area contributed by atoms with Gasteiger partial charge in [-0.2, -0.15) is 148 Å². The molecule has 2 N–H and O–H groups in total. The Bertz CT molecular complexity index is 2230. The molecule has 2 rings (SSSR count). The SMILES string of the molecule is [O-][P+](O)(O)Cc1ccc(OC(F)(F)/C(F)=C(\F)C(F)(F)C(F)(F)C(F)(F)C(F)(F)C(F)(F)C(F)(F)F)cc1.[O-][P+]([O-])([O-])Cc1ccc(OC(F)(F)/C(F)=C(\F)C(F)(F)C(F)(F)C(F)(F)C(F)(F)C(F)(F)C(F)(F)F)cc1.[Zn+2]. The summed E-state index contributed by atoms with van der Waals surface area (Å²) < 4.78 is 453. The molecule has 0 spiro atoms. The van der Waals surface area contributed by atoms with Crippen LogP contribution in [0.1, 0.15) is 11.1 Å². The zero-order chi connectivity index (χ0) is 61.1. The Labute approximate surface area is 414 Å². The van der Waals surface area contributed by atoms with Crippen LogP contribution in [0, 0.1) is 0 Å². The Hall–Kier alpha value is -3.62. The number of benzene rings is 2. The first-order valence-electron chi connectivity index (χ1n) is 17.4. The van der Waals surface area contributed by atoms with Gasteiger partial charge < -0.3 is 29.0 Å². The topological polar surface area (TPSA) is 151 Å². The Morgan fingerprint density at radius 1 is 0.351 bits per heavy atom. The summed E-state index contributed by atoms with van der Waals surface area (Å²) in [6.07, 6.45) is -30.2. The molecule has 440 valence electrons. The molecule has 0 aliphatic carbocycles. The van der Waals surface area contributed by atoms with E-state index in [1.807, 2.05) is 0 Å². The minimum Gasteiger partial charge on any atom is -0.687 e. The van der Waals surface area contributed by atoms with Gasteiger partial charge in [-0.1, -0.05) is 24.3 Å². The molecule has 0 heterocycles. The van der Waals surface area contributed by atoms with Crippen LogP contribution in [-0.2, 0) is 31.8 Å². The summed E-state index contributed by atoms with van der Waals surface area (Å²) in [6, 6.07) is 3.12. The van der Waals surface area contributed by atoms with Crippen LogP contribution in [-0.4, -0.2) is 93.6 Å². The van der Waals surface area contributed by atoms with Crippen LogP contribution < -0.4 is 29.0 Å². The van der Waals surface area contributed by atoms with Crippen molar-refractivity contribution in [3.05, 3.63) is 83.0 Å². The predicted molar refractivity (Wildman–Crippen MR) is 170 cm³/mol. The van der Waals surface area contributed by atoms with Crippen molar-refractivity contribution in [3.63, 3.8) is 0 Å². The van der Waals surface area contributed by atoms with Crippen LogP contribution in [0.3, 0.4) is 0 Å². The molecule has 0 unspecified atom stereocenters. The van der Waals surface area contributed by atoms with Gasteiger partial charge >= 0.3 is 103 Å². The fourth-order valence-electron chi connectivity index (χ4n) is 4.52. The van der Waals surface area contributed by atoms with Crippen molar-refractivity contribution in [1.29, 1.82) is 0 Å². The van der Waals surface area contributed by atoms with E-state index in [0.29, 0.717) is 24.3 Å². The number of halogens is 34. The molecule has 0 aliphatic rings. The average Bonchev–Trinajstić information content (AvgIpc) is 3.21. The molecular formula is C32H14F34O8P2Zn. The molecule has 2 aromatic rings. The van der Waals surface area contributed by atoms with Gasteiger partial charge in [-0.25, -0.2) is 18.6 Å². The second-order valence-corrected chi connectivity index (χ2v) is 17.3. The van der Waals surface area contributed by atoms with Crippen molar-refractivity contribution < 1.29 is 208 Å². The van der Waals surface area contributed by atoms with Crippen molar-refractivity contribution in [2.24, 2.45) is 0 Å². The summed E-state index contributed by atoms with van der Waals surface area (Å²) in [5.41, 5.74) is -0.789. The van der Waals surface area contributed by atoms with Crippen LogP contribution in [0.15, 0.2) is 71.8 Å². The maximum Gasteiger partial charge on any atom is 2.00 e. The zero-order valence-electron chi connectivity index (χ0n) is 34.8. The first-order valence-corrected chi connectivity index (χ1v) is 20.9. The largest absolute Gasteiger partial charge is 2.00 e. The molecule has 45 heteroatoms. The first kappa shape index (κ1) is 73.4. The summed E-state index contributed by atoms with van der Waals surface area (Å²) in [6.45, 7) is 0. The maximum atomic E-state index is 13.7. The molecule has 0 saturated heterocycles. The minimum atomic E-state index is -8.57. The molecule has 0 aliphatic heterocycles. The van der Waals surface area contributed by atoms with Gasteiger partial charge in [0.15, 0.2) is 0 Å². The molecule has 0 bridgehead atoms. The van der Waals surface area contributed by atoms with E-state index in [0.717, 1.165) is 0 Å². The van der Waals surface area contributed by atoms with Gasteiger partial charge in [0.2, 0.25) is 31.3 Å². The summed E-state index contributed by atoms with van der Waals surface area (Å²) >= 11 is 0. The van der Waals surface area contributed by atoms with Crippen molar-refractivity contribution in [1.82, 2.24) is 0 Å². The number of rotatable bonds is 20. The zero-order valence-corrected chi connectivity index (χ0v) is 39.6. The maximum absolute atomic E-state index is 13.7. The van der Waals surface area contributed by atoms with E-state index in [1.54, 1.807) is 0 Å². The number of alkyl halides is 30. The van der Waals surface area contributed by atoms with Gasteiger partial charge in [-0.05, 0) is 35.4 Å². The number of ether oxygens (including phenoxy) is 2.